The van der Waals surface area contributed by atoms with Gasteiger partial charge in [-0.25, -0.2) is 4.39 Å². The predicted molar refractivity (Wildman–Crippen MR) is 123 cm³/mol. The van der Waals surface area contributed by atoms with Crippen LogP contribution in [-0.4, -0.2) is 73.2 Å². The molecule has 0 aliphatic carbocycles. The topological polar surface area (TPSA) is 55.9 Å². The summed E-state index contributed by atoms with van der Waals surface area (Å²) in [6.45, 7) is 1.82. The van der Waals surface area contributed by atoms with E-state index in [0.29, 0.717) is 38.2 Å². The molecule has 6 nitrogen and oxygen atoms in total. The van der Waals surface area contributed by atoms with E-state index in [2.05, 4.69) is 15.1 Å². The molecule has 2 aromatic rings. The molecule has 1 spiro atoms. The summed E-state index contributed by atoms with van der Waals surface area (Å²) in [5.41, 5.74) is 0.848. The summed E-state index contributed by atoms with van der Waals surface area (Å²) < 4.78 is 15.0. The number of Topliss-reactive ketones (excluding diaryl/α,β-unsaturated/α-hetero) is 1. The zero-order valence-corrected chi connectivity index (χ0v) is 18.7. The molecule has 2 aliphatic rings. The van der Waals surface area contributed by atoms with Gasteiger partial charge in [-0.05, 0) is 39.1 Å². The molecule has 1 N–H and O–H groups in total. The molecular weight excluding hydrogens is 407 g/mol. The number of benzene rings is 2. The first-order chi connectivity index (χ1) is 15.4. The highest BCUT2D eigenvalue weighted by atomic mass is 19.1. The van der Waals surface area contributed by atoms with Gasteiger partial charge < -0.3 is 10.2 Å². The van der Waals surface area contributed by atoms with E-state index < -0.39 is 17.5 Å². The van der Waals surface area contributed by atoms with Gasteiger partial charge in [0.25, 0.3) is 0 Å². The van der Waals surface area contributed by atoms with E-state index in [1.165, 1.54) is 0 Å². The van der Waals surface area contributed by atoms with Crippen LogP contribution < -0.4 is 10.2 Å². The van der Waals surface area contributed by atoms with Crippen LogP contribution in [0.15, 0.2) is 60.7 Å². The van der Waals surface area contributed by atoms with Gasteiger partial charge in [-0.3, -0.25) is 19.4 Å². The monoisotopic (exact) mass is 438 g/mol. The molecule has 2 aromatic carbocycles. The van der Waals surface area contributed by atoms with Crippen molar-refractivity contribution in [3.8, 4) is 0 Å². The lowest BCUT2D eigenvalue weighted by molar-refractivity contribution is -0.125. The van der Waals surface area contributed by atoms with Crippen LogP contribution in [0.25, 0.3) is 0 Å². The van der Waals surface area contributed by atoms with Gasteiger partial charge in [-0.2, -0.15) is 0 Å². The normalized spacial score (nSPS) is 20.4. The van der Waals surface area contributed by atoms with Gasteiger partial charge in [0.1, 0.15) is 5.54 Å². The summed E-state index contributed by atoms with van der Waals surface area (Å²) in [4.78, 5) is 31.8. The van der Waals surface area contributed by atoms with Crippen molar-refractivity contribution in [1.82, 2.24) is 15.1 Å². The van der Waals surface area contributed by atoms with Gasteiger partial charge in [0.05, 0.1) is 12.8 Å². The Morgan fingerprint density at radius 1 is 1.06 bits per heavy atom. The minimum Gasteiger partial charge on any atom is -0.339 e. The maximum absolute atomic E-state index is 15.0. The van der Waals surface area contributed by atoms with E-state index in [9.17, 15) is 9.59 Å². The quantitative estimate of drug-likeness (QED) is 0.674. The minimum absolute atomic E-state index is 0.0602. The minimum atomic E-state index is -1.57. The number of anilines is 1. The number of para-hydroxylation sites is 1. The molecule has 0 saturated carbocycles. The highest BCUT2D eigenvalue weighted by Crippen LogP contribution is 2.37. The van der Waals surface area contributed by atoms with Crippen LogP contribution in [0.1, 0.15) is 29.6 Å². The Kier molecular flexibility index (Phi) is 6.58. The number of amides is 1. The van der Waals surface area contributed by atoms with Gasteiger partial charge in [0.15, 0.2) is 12.0 Å². The Balaban J connectivity index is 1.45. The molecule has 170 valence electrons. The van der Waals surface area contributed by atoms with Crippen LogP contribution in [0.2, 0.25) is 0 Å². The highest BCUT2D eigenvalue weighted by molar-refractivity contribution is 5.99. The molecule has 7 heteroatoms. The zero-order valence-electron chi connectivity index (χ0n) is 18.7. The SMILES string of the molecule is CN(C)C(CC(F)C(=O)c1ccccc1)N1CCC2(CC1)C(=O)NCN2c1ccccc1. The van der Waals surface area contributed by atoms with Gasteiger partial charge in [-0.15, -0.1) is 0 Å². The number of ketones is 1. The number of nitrogens with zero attached hydrogens (tertiary/aromatic N) is 3. The van der Waals surface area contributed by atoms with Crippen LogP contribution >= 0.6 is 0 Å². The molecule has 4 rings (SSSR count). The number of rotatable bonds is 7. The lowest BCUT2D eigenvalue weighted by atomic mass is 9.85. The fourth-order valence-corrected chi connectivity index (χ4v) is 4.99. The molecule has 2 unspecified atom stereocenters. The van der Waals surface area contributed by atoms with Crippen LogP contribution in [-0.2, 0) is 4.79 Å². The number of carbonyl (C=O) groups excluding carboxylic acids is 2. The molecule has 2 atom stereocenters. The van der Waals surface area contributed by atoms with Gasteiger partial charge in [0, 0.05) is 30.8 Å². The average molecular weight is 439 g/mol. The van der Waals surface area contributed by atoms with E-state index in [1.54, 1.807) is 24.3 Å². The second-order valence-electron chi connectivity index (χ2n) is 8.87. The van der Waals surface area contributed by atoms with E-state index >= 15 is 4.39 Å². The Morgan fingerprint density at radius 2 is 1.66 bits per heavy atom. The van der Waals surface area contributed by atoms with Gasteiger partial charge in [0.2, 0.25) is 5.91 Å². The molecular formula is C25H31FN4O2. The molecule has 1 amide bonds. The number of halogens is 1. The number of nitrogens with one attached hydrogen (secondary N) is 1. The molecule has 32 heavy (non-hydrogen) atoms. The van der Waals surface area contributed by atoms with Crippen LogP contribution in [0.4, 0.5) is 10.1 Å². The largest absolute Gasteiger partial charge is 0.339 e. The van der Waals surface area contributed by atoms with E-state index in [0.717, 1.165) is 5.69 Å². The first kappa shape index (κ1) is 22.4. The van der Waals surface area contributed by atoms with Crippen molar-refractivity contribution in [3.63, 3.8) is 0 Å². The molecule has 2 saturated heterocycles. The smallest absolute Gasteiger partial charge is 0.247 e. The predicted octanol–water partition coefficient (Wildman–Crippen LogP) is 2.91. The van der Waals surface area contributed by atoms with Gasteiger partial charge in [-0.1, -0.05) is 48.5 Å². The molecule has 2 aliphatic heterocycles. The van der Waals surface area contributed by atoms with Crippen LogP contribution in [0.3, 0.4) is 0 Å². The number of alkyl halides is 1. The molecule has 0 bridgehead atoms. The molecule has 2 heterocycles. The fourth-order valence-electron chi connectivity index (χ4n) is 4.99. The fraction of sp³-hybridized carbons (Fsp3) is 0.440. The summed E-state index contributed by atoms with van der Waals surface area (Å²) in [6, 6.07) is 18.6. The summed E-state index contributed by atoms with van der Waals surface area (Å²) in [6.07, 6.45) is -0.382. The van der Waals surface area contributed by atoms with Crippen LogP contribution in [0, 0.1) is 0 Å². The molecule has 0 radical (unpaired) electrons. The molecule has 0 aromatic heterocycles. The summed E-state index contributed by atoms with van der Waals surface area (Å²) >= 11 is 0. The Labute approximate surface area is 189 Å². The third-order valence-electron chi connectivity index (χ3n) is 6.81. The Morgan fingerprint density at radius 3 is 2.25 bits per heavy atom. The van der Waals surface area contributed by atoms with Crippen molar-refractivity contribution < 1.29 is 14.0 Å². The maximum atomic E-state index is 15.0. The second kappa shape index (κ2) is 9.38. The third kappa shape index (κ3) is 4.27. The summed E-state index contributed by atoms with van der Waals surface area (Å²) in [5.74, 6) is -0.415. The third-order valence-corrected chi connectivity index (χ3v) is 6.81. The van der Waals surface area contributed by atoms with Crippen molar-refractivity contribution in [2.45, 2.75) is 37.1 Å². The van der Waals surface area contributed by atoms with Crippen molar-refractivity contribution in [1.29, 1.82) is 0 Å². The van der Waals surface area contributed by atoms with Crippen LogP contribution in [0.5, 0.6) is 0 Å². The van der Waals surface area contributed by atoms with Gasteiger partial charge >= 0.3 is 0 Å². The lowest BCUT2D eigenvalue weighted by Gasteiger charge is -2.46. The first-order valence-electron chi connectivity index (χ1n) is 11.2. The van der Waals surface area contributed by atoms with E-state index in [-0.39, 0.29) is 18.5 Å². The average Bonchev–Trinajstić information content (AvgIpc) is 3.13. The number of likely N-dealkylation sites (tertiary alicyclic amines) is 1. The number of carbonyl (C=O) groups is 2. The number of piperidine rings is 1. The highest BCUT2D eigenvalue weighted by Gasteiger charge is 2.51. The van der Waals surface area contributed by atoms with Crippen molar-refractivity contribution >= 4 is 17.4 Å². The summed E-state index contributed by atoms with van der Waals surface area (Å²) in [5, 5.41) is 3.01. The second-order valence-corrected chi connectivity index (χ2v) is 8.87. The number of hydrogen-bond donors (Lipinski definition) is 1. The maximum Gasteiger partial charge on any atom is 0.247 e. The molecule has 2 fully saturated rings. The summed E-state index contributed by atoms with van der Waals surface area (Å²) in [7, 11) is 3.82. The Hall–Kier alpha value is -2.77. The standard InChI is InChI=1S/C25H31FN4O2/c1-28(2)22(17-21(26)23(31)19-9-5-3-6-10-19)29-15-13-25(14-16-29)24(32)27-18-30(25)20-11-7-4-8-12-20/h3-12,21-22H,13-18H2,1-2H3,(H,27,32). The Bertz CT molecular complexity index is 929. The van der Waals surface area contributed by atoms with E-state index in [4.69, 9.17) is 0 Å². The lowest BCUT2D eigenvalue weighted by Crippen LogP contribution is -2.59. The van der Waals surface area contributed by atoms with Crippen molar-refractivity contribution in [3.05, 3.63) is 66.2 Å². The van der Waals surface area contributed by atoms with E-state index in [1.807, 2.05) is 55.4 Å². The zero-order chi connectivity index (χ0) is 22.7. The van der Waals surface area contributed by atoms with Crippen molar-refractivity contribution in [2.75, 3.05) is 38.8 Å². The first-order valence-corrected chi connectivity index (χ1v) is 11.2. The number of hydrogen-bond acceptors (Lipinski definition) is 5. The van der Waals surface area contributed by atoms with Crippen molar-refractivity contribution in [2.24, 2.45) is 0 Å².